The molecule has 0 saturated carbocycles. The molecule has 2 rings (SSSR count). The first-order valence-electron chi connectivity index (χ1n) is 7.65. The first-order chi connectivity index (χ1) is 11.2. The second kappa shape index (κ2) is 7.61. The zero-order valence-corrected chi connectivity index (χ0v) is 14.3. The third kappa shape index (κ3) is 5.01. The number of nitrogens with zero attached hydrogens (tertiary/aromatic N) is 2. The van der Waals surface area contributed by atoms with Gasteiger partial charge in [0.25, 0.3) is 5.91 Å². The van der Waals surface area contributed by atoms with Crippen LogP contribution in [0.4, 0.5) is 18.9 Å². The smallest absolute Gasteiger partial charge is 0.368 e. The summed E-state index contributed by atoms with van der Waals surface area (Å²) in [5, 5.41) is 0.642. The normalized spacial score (nSPS) is 17.1. The van der Waals surface area contributed by atoms with Gasteiger partial charge in [0.2, 0.25) is 0 Å². The van der Waals surface area contributed by atoms with Crippen LogP contribution < -0.4 is 4.90 Å². The number of rotatable bonds is 4. The number of piperazine rings is 1. The molecule has 0 N–H and O–H groups in total. The van der Waals surface area contributed by atoms with Gasteiger partial charge in [0.05, 0.1) is 0 Å². The summed E-state index contributed by atoms with van der Waals surface area (Å²) in [5.74, 6) is -0.415. The van der Waals surface area contributed by atoms with Crippen LogP contribution in [0.3, 0.4) is 0 Å². The van der Waals surface area contributed by atoms with Crippen LogP contribution in [0.5, 0.6) is 0 Å². The van der Waals surface area contributed by atoms with E-state index in [2.05, 4.69) is 9.64 Å². The van der Waals surface area contributed by atoms with Gasteiger partial charge in [-0.1, -0.05) is 17.7 Å². The van der Waals surface area contributed by atoms with Gasteiger partial charge in [0.1, 0.15) is 12.7 Å². The van der Waals surface area contributed by atoms with Crippen molar-refractivity contribution in [1.82, 2.24) is 4.90 Å². The molecule has 1 heterocycles. The monoisotopic (exact) mass is 364 g/mol. The third-order valence-electron chi connectivity index (χ3n) is 3.95. The average molecular weight is 365 g/mol. The molecule has 0 aromatic heterocycles. The Kier molecular flexibility index (Phi) is 5.98. The van der Waals surface area contributed by atoms with E-state index in [1.165, 1.54) is 11.8 Å². The van der Waals surface area contributed by atoms with E-state index in [9.17, 15) is 18.0 Å². The maximum atomic E-state index is 12.2. The number of anilines is 1. The Morgan fingerprint density at radius 3 is 2.50 bits per heavy atom. The number of alkyl halides is 3. The highest BCUT2D eigenvalue weighted by atomic mass is 35.5. The van der Waals surface area contributed by atoms with E-state index in [-0.39, 0.29) is 0 Å². The number of aryl methyl sites for hydroxylation is 1. The second-order valence-corrected chi connectivity index (χ2v) is 6.25. The van der Waals surface area contributed by atoms with Crippen LogP contribution in [-0.4, -0.2) is 55.9 Å². The molecule has 1 aliphatic rings. The summed E-state index contributed by atoms with van der Waals surface area (Å²) in [6.07, 6.45) is -5.54. The van der Waals surface area contributed by atoms with Crippen molar-refractivity contribution in [2.45, 2.75) is 26.1 Å². The summed E-state index contributed by atoms with van der Waals surface area (Å²) in [6.45, 7) is 3.98. The van der Waals surface area contributed by atoms with Gasteiger partial charge < -0.3 is 14.5 Å². The highest BCUT2D eigenvalue weighted by molar-refractivity contribution is 6.30. The van der Waals surface area contributed by atoms with Crippen LogP contribution in [-0.2, 0) is 9.53 Å². The summed E-state index contributed by atoms with van der Waals surface area (Å²) < 4.78 is 41.1. The molecule has 1 saturated heterocycles. The largest absolute Gasteiger partial charge is 0.411 e. The van der Waals surface area contributed by atoms with Crippen LogP contribution in [0.25, 0.3) is 0 Å². The minimum Gasteiger partial charge on any atom is -0.368 e. The fourth-order valence-electron chi connectivity index (χ4n) is 2.64. The van der Waals surface area contributed by atoms with E-state index in [4.69, 9.17) is 11.6 Å². The van der Waals surface area contributed by atoms with Crippen molar-refractivity contribution in [3.63, 3.8) is 0 Å². The van der Waals surface area contributed by atoms with Gasteiger partial charge in [-0.15, -0.1) is 0 Å². The Balaban J connectivity index is 1.90. The molecule has 0 spiro atoms. The molecular formula is C16H20ClF3N2O2. The fourth-order valence-corrected chi connectivity index (χ4v) is 2.81. The molecule has 1 aliphatic heterocycles. The zero-order chi connectivity index (χ0) is 17.9. The molecule has 1 aromatic rings. The number of carbonyl (C=O) groups excluding carboxylic acids is 1. The molecule has 1 atom stereocenters. The standard InChI is InChI=1S/C16H20ClF3N2O2/c1-11-3-4-13(17)9-14(11)21-5-7-22(8-6-21)15(23)12(2)24-10-16(18,19)20/h3-4,9,12H,5-8,10H2,1-2H3/t12-/m1/s1. The summed E-state index contributed by atoms with van der Waals surface area (Å²) in [6, 6.07) is 5.63. The molecular weight excluding hydrogens is 345 g/mol. The van der Waals surface area contributed by atoms with E-state index in [0.29, 0.717) is 31.2 Å². The van der Waals surface area contributed by atoms with E-state index in [0.717, 1.165) is 11.3 Å². The van der Waals surface area contributed by atoms with Crippen molar-refractivity contribution in [2.24, 2.45) is 0 Å². The van der Waals surface area contributed by atoms with Crippen LogP contribution in [0, 0.1) is 6.92 Å². The lowest BCUT2D eigenvalue weighted by Crippen LogP contribution is -2.51. The molecule has 1 amide bonds. The van der Waals surface area contributed by atoms with E-state index >= 15 is 0 Å². The van der Waals surface area contributed by atoms with Gasteiger partial charge in [0.15, 0.2) is 0 Å². The number of hydrogen-bond acceptors (Lipinski definition) is 3. The van der Waals surface area contributed by atoms with Gasteiger partial charge in [0, 0.05) is 36.9 Å². The highest BCUT2D eigenvalue weighted by Gasteiger charge is 2.32. The van der Waals surface area contributed by atoms with Gasteiger partial charge in [-0.3, -0.25) is 4.79 Å². The lowest BCUT2D eigenvalue weighted by atomic mass is 10.1. The van der Waals surface area contributed by atoms with Gasteiger partial charge in [-0.25, -0.2) is 0 Å². The number of hydrogen-bond donors (Lipinski definition) is 0. The molecule has 0 radical (unpaired) electrons. The topological polar surface area (TPSA) is 32.8 Å². The molecule has 8 heteroatoms. The molecule has 134 valence electrons. The van der Waals surface area contributed by atoms with Gasteiger partial charge >= 0.3 is 6.18 Å². The van der Waals surface area contributed by atoms with Crippen molar-refractivity contribution >= 4 is 23.2 Å². The molecule has 0 aliphatic carbocycles. The van der Waals surface area contributed by atoms with Crippen LogP contribution >= 0.6 is 11.6 Å². The van der Waals surface area contributed by atoms with E-state index < -0.39 is 24.8 Å². The van der Waals surface area contributed by atoms with Crippen molar-refractivity contribution in [3.05, 3.63) is 28.8 Å². The number of amides is 1. The van der Waals surface area contributed by atoms with Crippen LogP contribution in [0.1, 0.15) is 12.5 Å². The molecule has 0 bridgehead atoms. The molecule has 0 unspecified atom stereocenters. The summed E-state index contributed by atoms with van der Waals surface area (Å²) in [7, 11) is 0. The van der Waals surface area contributed by atoms with Crippen LogP contribution in [0.15, 0.2) is 18.2 Å². The van der Waals surface area contributed by atoms with Crippen molar-refractivity contribution in [1.29, 1.82) is 0 Å². The Morgan fingerprint density at radius 1 is 1.29 bits per heavy atom. The Labute approximate surface area is 144 Å². The Morgan fingerprint density at radius 2 is 1.92 bits per heavy atom. The predicted octanol–water partition coefficient (Wildman–Crippen LogP) is 3.26. The Bertz CT molecular complexity index is 587. The fraction of sp³-hybridized carbons (Fsp3) is 0.562. The minimum atomic E-state index is -4.43. The summed E-state index contributed by atoms with van der Waals surface area (Å²) in [4.78, 5) is 15.8. The average Bonchev–Trinajstić information content (AvgIpc) is 2.53. The Hall–Kier alpha value is -1.47. The van der Waals surface area contributed by atoms with Gasteiger partial charge in [-0.05, 0) is 31.5 Å². The molecule has 4 nitrogen and oxygen atoms in total. The summed E-state index contributed by atoms with van der Waals surface area (Å²) >= 11 is 6.03. The minimum absolute atomic E-state index is 0.415. The highest BCUT2D eigenvalue weighted by Crippen LogP contribution is 2.25. The lowest BCUT2D eigenvalue weighted by molar-refractivity contribution is -0.188. The molecule has 1 aromatic carbocycles. The quantitative estimate of drug-likeness (QED) is 0.822. The number of halogens is 4. The van der Waals surface area contributed by atoms with Gasteiger partial charge in [-0.2, -0.15) is 13.2 Å². The second-order valence-electron chi connectivity index (χ2n) is 5.81. The SMILES string of the molecule is Cc1ccc(Cl)cc1N1CCN(C(=O)[C@@H](C)OCC(F)(F)F)CC1. The van der Waals surface area contributed by atoms with Crippen molar-refractivity contribution in [3.8, 4) is 0 Å². The first kappa shape index (κ1) is 18.9. The molecule has 24 heavy (non-hydrogen) atoms. The van der Waals surface area contributed by atoms with Crippen LogP contribution in [0.2, 0.25) is 5.02 Å². The van der Waals surface area contributed by atoms with Crippen molar-refractivity contribution in [2.75, 3.05) is 37.7 Å². The predicted molar refractivity (Wildman–Crippen MR) is 86.5 cm³/mol. The first-order valence-corrected chi connectivity index (χ1v) is 8.03. The number of ether oxygens (including phenoxy) is 1. The third-order valence-corrected chi connectivity index (χ3v) is 4.18. The maximum absolute atomic E-state index is 12.2. The number of carbonyl (C=O) groups is 1. The van der Waals surface area contributed by atoms with Crippen molar-refractivity contribution < 1.29 is 22.7 Å². The zero-order valence-electron chi connectivity index (χ0n) is 13.6. The number of benzene rings is 1. The molecule has 1 fully saturated rings. The maximum Gasteiger partial charge on any atom is 0.411 e. The summed E-state index contributed by atoms with van der Waals surface area (Å²) in [5.41, 5.74) is 2.09. The van der Waals surface area contributed by atoms with E-state index in [1.807, 2.05) is 25.1 Å². The lowest BCUT2D eigenvalue weighted by Gasteiger charge is -2.37. The van der Waals surface area contributed by atoms with E-state index in [1.54, 1.807) is 0 Å².